The maximum atomic E-state index is 11.2. The van der Waals surface area contributed by atoms with Gasteiger partial charge in [0.1, 0.15) is 5.56 Å². The molecule has 13 heavy (non-hydrogen) atoms. The van der Waals surface area contributed by atoms with Crippen molar-refractivity contribution >= 4 is 5.91 Å². The summed E-state index contributed by atoms with van der Waals surface area (Å²) in [5.41, 5.74) is 0.582. The highest BCUT2D eigenvalue weighted by Gasteiger charge is 2.08. The predicted molar refractivity (Wildman–Crippen MR) is 47.1 cm³/mol. The van der Waals surface area contributed by atoms with E-state index in [0.29, 0.717) is 12.2 Å². The number of nitrogens with one attached hydrogen (secondary N) is 1. The zero-order chi connectivity index (χ0) is 9.68. The van der Waals surface area contributed by atoms with Gasteiger partial charge in [0, 0.05) is 17.8 Å². The maximum Gasteiger partial charge on any atom is 0.257 e. The molecule has 1 aromatic heterocycles. The lowest BCUT2D eigenvalue weighted by molar-refractivity contribution is -0.891. The lowest BCUT2D eigenvalue weighted by atomic mass is 10.3. The van der Waals surface area contributed by atoms with Gasteiger partial charge >= 0.3 is 0 Å². The van der Waals surface area contributed by atoms with Crippen LogP contribution in [0.1, 0.15) is 17.3 Å². The van der Waals surface area contributed by atoms with E-state index in [0.717, 1.165) is 0 Å². The molecule has 1 heterocycles. The van der Waals surface area contributed by atoms with E-state index in [1.165, 1.54) is 4.73 Å². The third kappa shape index (κ3) is 2.43. The number of pyridine rings is 1. The third-order valence-corrected chi connectivity index (χ3v) is 1.54. The summed E-state index contributed by atoms with van der Waals surface area (Å²) in [6.07, 6.45) is 3.39. The van der Waals surface area contributed by atoms with Gasteiger partial charge in [-0.3, -0.25) is 9.63 Å². The van der Waals surface area contributed by atoms with Gasteiger partial charge in [0.15, 0.2) is 6.61 Å². The van der Waals surface area contributed by atoms with Crippen molar-refractivity contribution in [2.45, 2.75) is 6.92 Å². The van der Waals surface area contributed by atoms with Crippen molar-refractivity contribution in [3.8, 4) is 0 Å². The van der Waals surface area contributed by atoms with Gasteiger partial charge in [0.25, 0.3) is 5.91 Å². The Balaban J connectivity index is 2.85. The van der Waals surface area contributed by atoms with E-state index >= 15 is 0 Å². The first-order valence-corrected chi connectivity index (χ1v) is 4.14. The fraction of sp³-hybridized carbons (Fsp3) is 0.333. The average Bonchev–Trinajstić information content (AvgIpc) is 2.18. The highest BCUT2D eigenvalue weighted by atomic mass is 16.7. The lowest BCUT2D eigenvalue weighted by Crippen LogP contribution is -2.42. The molecule has 0 aliphatic heterocycles. The van der Waals surface area contributed by atoms with E-state index in [4.69, 9.17) is 4.84 Å². The Hall–Kier alpha value is -1.58. The monoisotopic (exact) mass is 181 g/mol. The number of aromatic nitrogens is 1. The molecule has 70 valence electrons. The smallest absolute Gasteiger partial charge is 0.257 e. The minimum Gasteiger partial charge on any atom is -0.355 e. The molecular weight excluding hydrogens is 168 g/mol. The molecule has 0 aromatic carbocycles. The summed E-state index contributed by atoms with van der Waals surface area (Å²) in [6, 6.07) is 3.49. The van der Waals surface area contributed by atoms with Gasteiger partial charge in [-0.2, -0.15) is 0 Å². The Labute approximate surface area is 77.1 Å². The van der Waals surface area contributed by atoms with Gasteiger partial charge in [-0.25, -0.2) is 0 Å². The van der Waals surface area contributed by atoms with Crippen LogP contribution < -0.4 is 14.9 Å². The largest absolute Gasteiger partial charge is 0.355 e. The predicted octanol–water partition coefficient (Wildman–Crippen LogP) is -0.218. The molecule has 0 unspecified atom stereocenters. The Morgan fingerprint density at radius 3 is 3.08 bits per heavy atom. The van der Waals surface area contributed by atoms with Crippen molar-refractivity contribution < 1.29 is 14.4 Å². The molecule has 0 spiro atoms. The van der Waals surface area contributed by atoms with Gasteiger partial charge in [-0.1, -0.05) is 0 Å². The molecular formula is C9H13N2O2+. The first kappa shape index (κ1) is 9.51. The second kappa shape index (κ2) is 4.45. The molecule has 0 radical (unpaired) electrons. The molecule has 1 aromatic rings. The van der Waals surface area contributed by atoms with Crippen molar-refractivity contribution in [3.63, 3.8) is 0 Å². The molecule has 0 atom stereocenters. The summed E-state index contributed by atoms with van der Waals surface area (Å²) >= 11 is 0. The molecule has 1 N–H and O–H groups in total. The minimum atomic E-state index is -0.117. The summed E-state index contributed by atoms with van der Waals surface area (Å²) < 4.78 is 1.52. The number of hydrogen-bond donors (Lipinski definition) is 1. The molecule has 0 saturated carbocycles. The molecule has 1 rings (SSSR count). The number of amides is 1. The van der Waals surface area contributed by atoms with Crippen LogP contribution in [-0.4, -0.2) is 19.6 Å². The van der Waals surface area contributed by atoms with Crippen LogP contribution in [0.15, 0.2) is 24.5 Å². The third-order valence-electron chi connectivity index (χ3n) is 1.54. The second-order valence-electron chi connectivity index (χ2n) is 2.45. The summed E-state index contributed by atoms with van der Waals surface area (Å²) in [5, 5.41) is 2.54. The van der Waals surface area contributed by atoms with E-state index < -0.39 is 0 Å². The van der Waals surface area contributed by atoms with E-state index in [2.05, 4.69) is 5.32 Å². The van der Waals surface area contributed by atoms with Gasteiger partial charge < -0.3 is 5.32 Å². The molecule has 0 aliphatic rings. The number of carbonyl (C=O) groups is 1. The maximum absolute atomic E-state index is 11.2. The summed E-state index contributed by atoms with van der Waals surface area (Å²) in [5.74, 6) is -0.117. The minimum absolute atomic E-state index is 0.117. The molecule has 1 amide bonds. The molecule has 0 saturated heterocycles. The number of nitrogens with zero attached hydrogens (tertiary/aromatic N) is 1. The first-order chi connectivity index (χ1) is 6.27. The molecule has 4 heteroatoms. The quantitative estimate of drug-likeness (QED) is 0.655. The van der Waals surface area contributed by atoms with Crippen LogP contribution in [0.25, 0.3) is 0 Å². The van der Waals surface area contributed by atoms with Crippen LogP contribution in [0.4, 0.5) is 0 Å². The number of carbonyl (C=O) groups excluding carboxylic acids is 1. The molecule has 0 fully saturated rings. The fourth-order valence-electron chi connectivity index (χ4n) is 0.963. The zero-order valence-electron chi connectivity index (χ0n) is 7.78. The summed E-state index contributed by atoms with van der Waals surface area (Å²) in [6.45, 7) is 2.46. The molecule has 0 aliphatic carbocycles. The van der Waals surface area contributed by atoms with E-state index in [-0.39, 0.29) is 5.91 Å². The lowest BCUT2D eigenvalue weighted by Gasteiger charge is -1.97. The van der Waals surface area contributed by atoms with Gasteiger partial charge in [-0.15, -0.1) is 0 Å². The van der Waals surface area contributed by atoms with Crippen molar-refractivity contribution in [2.24, 2.45) is 0 Å². The van der Waals surface area contributed by atoms with E-state index in [1.54, 1.807) is 31.6 Å². The van der Waals surface area contributed by atoms with Gasteiger partial charge in [0.05, 0.1) is 0 Å². The van der Waals surface area contributed by atoms with Crippen molar-refractivity contribution in [3.05, 3.63) is 30.1 Å². The van der Waals surface area contributed by atoms with E-state index in [9.17, 15) is 4.79 Å². The summed E-state index contributed by atoms with van der Waals surface area (Å²) in [7, 11) is 1.60. The summed E-state index contributed by atoms with van der Waals surface area (Å²) in [4.78, 5) is 16.4. The molecule has 0 bridgehead atoms. The first-order valence-electron chi connectivity index (χ1n) is 4.14. The topological polar surface area (TPSA) is 42.2 Å². The van der Waals surface area contributed by atoms with Crippen LogP contribution in [0, 0.1) is 0 Å². The zero-order valence-corrected chi connectivity index (χ0v) is 7.78. The van der Waals surface area contributed by atoms with Crippen molar-refractivity contribution in [1.29, 1.82) is 0 Å². The fourth-order valence-corrected chi connectivity index (χ4v) is 0.963. The number of rotatable bonds is 3. The van der Waals surface area contributed by atoms with Crippen LogP contribution in [0.3, 0.4) is 0 Å². The van der Waals surface area contributed by atoms with Gasteiger partial charge in [-0.05, 0) is 13.0 Å². The highest BCUT2D eigenvalue weighted by molar-refractivity contribution is 5.93. The normalized spacial score (nSPS) is 9.38. The Bertz CT molecular complexity index is 299. The van der Waals surface area contributed by atoms with Crippen LogP contribution in [0.2, 0.25) is 0 Å². The standard InChI is InChI=1S/C9H12N2O2/c1-3-13-11-6-4-5-8(7-11)9(12)10-2/h4-7H,3H2,1-2H3/p+1. The Morgan fingerprint density at radius 1 is 1.69 bits per heavy atom. The van der Waals surface area contributed by atoms with Crippen molar-refractivity contribution in [2.75, 3.05) is 13.7 Å². The van der Waals surface area contributed by atoms with Gasteiger partial charge in [0.2, 0.25) is 12.4 Å². The van der Waals surface area contributed by atoms with E-state index in [1.807, 2.05) is 6.92 Å². The average molecular weight is 181 g/mol. The number of hydrogen-bond acceptors (Lipinski definition) is 2. The Kier molecular flexibility index (Phi) is 3.25. The van der Waals surface area contributed by atoms with Crippen LogP contribution >= 0.6 is 0 Å². The van der Waals surface area contributed by atoms with Crippen LogP contribution in [0.5, 0.6) is 0 Å². The van der Waals surface area contributed by atoms with Crippen molar-refractivity contribution in [1.82, 2.24) is 5.32 Å². The molecule has 4 nitrogen and oxygen atoms in total. The highest BCUT2D eigenvalue weighted by Crippen LogP contribution is 1.92. The van der Waals surface area contributed by atoms with Crippen LogP contribution in [-0.2, 0) is 0 Å². The second-order valence-corrected chi connectivity index (χ2v) is 2.45. The Morgan fingerprint density at radius 2 is 2.46 bits per heavy atom. The SMILES string of the molecule is CCO[n+]1cccc(C(=O)NC)c1.